The lowest BCUT2D eigenvalue weighted by atomic mass is 10.1. The molecule has 4 heteroatoms. The second-order valence-electron chi connectivity index (χ2n) is 4.76. The maximum atomic E-state index is 11.6. The van der Waals surface area contributed by atoms with Crippen molar-refractivity contribution in [3.05, 3.63) is 36.0 Å². The van der Waals surface area contributed by atoms with Crippen LogP contribution in [0.2, 0.25) is 0 Å². The van der Waals surface area contributed by atoms with E-state index in [9.17, 15) is 9.90 Å². The van der Waals surface area contributed by atoms with Crippen LogP contribution in [0.5, 0.6) is 0 Å². The Kier molecular flexibility index (Phi) is 4.58. The maximum absolute atomic E-state index is 11.6. The van der Waals surface area contributed by atoms with Crippen molar-refractivity contribution in [1.82, 2.24) is 10.3 Å². The Labute approximate surface area is 112 Å². The Hall–Kier alpha value is -1.81. The molecule has 2 rings (SSSR count). The summed E-state index contributed by atoms with van der Waals surface area (Å²) in [6.07, 6.45) is 3.90. The second kappa shape index (κ2) is 6.38. The minimum atomic E-state index is -0.224. The van der Waals surface area contributed by atoms with Crippen LogP contribution in [0.1, 0.15) is 25.3 Å². The highest BCUT2D eigenvalue weighted by Crippen LogP contribution is 2.19. The molecule has 1 aromatic heterocycles. The summed E-state index contributed by atoms with van der Waals surface area (Å²) < 4.78 is 0. The predicted molar refractivity (Wildman–Crippen MR) is 75.9 cm³/mol. The number of fused-ring (bicyclic) bond motifs is 1. The van der Waals surface area contributed by atoms with E-state index in [2.05, 4.69) is 10.3 Å². The first-order valence-electron chi connectivity index (χ1n) is 6.69. The van der Waals surface area contributed by atoms with Crippen LogP contribution in [0.4, 0.5) is 0 Å². The third-order valence-electron chi connectivity index (χ3n) is 3.20. The summed E-state index contributed by atoms with van der Waals surface area (Å²) >= 11 is 0. The van der Waals surface area contributed by atoms with Crippen molar-refractivity contribution in [3.8, 4) is 0 Å². The summed E-state index contributed by atoms with van der Waals surface area (Å²) in [7, 11) is 0. The highest BCUT2D eigenvalue weighted by atomic mass is 16.3. The number of H-pyrrole nitrogens is 1. The van der Waals surface area contributed by atoms with Crippen molar-refractivity contribution in [3.63, 3.8) is 0 Å². The number of hydrogen-bond acceptors (Lipinski definition) is 2. The zero-order valence-electron chi connectivity index (χ0n) is 11.1. The Morgan fingerprint density at radius 3 is 2.95 bits per heavy atom. The van der Waals surface area contributed by atoms with Gasteiger partial charge >= 0.3 is 0 Å². The van der Waals surface area contributed by atoms with Crippen molar-refractivity contribution in [2.75, 3.05) is 6.61 Å². The second-order valence-corrected chi connectivity index (χ2v) is 4.76. The van der Waals surface area contributed by atoms with Gasteiger partial charge in [0.2, 0.25) is 5.91 Å². The highest BCUT2D eigenvalue weighted by molar-refractivity contribution is 5.83. The number of benzene rings is 1. The number of para-hydroxylation sites is 1. The molecule has 19 heavy (non-hydrogen) atoms. The zero-order chi connectivity index (χ0) is 13.7. The number of aromatic nitrogens is 1. The Bertz CT molecular complexity index is 548. The summed E-state index contributed by atoms with van der Waals surface area (Å²) in [5.74, 6) is 0.00129. The molecule has 2 aromatic rings. The molecule has 0 saturated carbocycles. The molecule has 102 valence electrons. The van der Waals surface area contributed by atoms with Gasteiger partial charge in [-0.2, -0.15) is 0 Å². The average Bonchev–Trinajstić information content (AvgIpc) is 2.82. The van der Waals surface area contributed by atoms with Gasteiger partial charge in [-0.05, 0) is 24.5 Å². The van der Waals surface area contributed by atoms with Crippen molar-refractivity contribution in [1.29, 1.82) is 0 Å². The molecule has 0 aliphatic heterocycles. The fraction of sp³-hybridized carbons (Fsp3) is 0.400. The van der Waals surface area contributed by atoms with E-state index >= 15 is 0 Å². The van der Waals surface area contributed by atoms with Crippen molar-refractivity contribution < 1.29 is 9.90 Å². The van der Waals surface area contributed by atoms with E-state index in [1.165, 1.54) is 0 Å². The molecule has 0 radical (unpaired) electrons. The van der Waals surface area contributed by atoms with Gasteiger partial charge in [0, 0.05) is 23.5 Å². The molecule has 1 atom stereocenters. The van der Waals surface area contributed by atoms with E-state index in [4.69, 9.17) is 0 Å². The van der Waals surface area contributed by atoms with Crippen LogP contribution in [0, 0.1) is 0 Å². The number of carbonyl (C=O) groups excluding carboxylic acids is 1. The van der Waals surface area contributed by atoms with Gasteiger partial charge in [0.1, 0.15) is 0 Å². The lowest BCUT2D eigenvalue weighted by Gasteiger charge is -2.15. The van der Waals surface area contributed by atoms with Gasteiger partial charge in [-0.25, -0.2) is 0 Å². The van der Waals surface area contributed by atoms with Gasteiger partial charge in [-0.15, -0.1) is 0 Å². The number of aliphatic hydroxyl groups excluding tert-OH is 1. The lowest BCUT2D eigenvalue weighted by molar-refractivity contribution is -0.122. The lowest BCUT2D eigenvalue weighted by Crippen LogP contribution is -2.38. The molecule has 0 fully saturated rings. The number of amides is 1. The smallest absolute Gasteiger partial charge is 0.220 e. The molecule has 1 heterocycles. The number of hydrogen-bond donors (Lipinski definition) is 3. The van der Waals surface area contributed by atoms with Gasteiger partial charge < -0.3 is 15.4 Å². The fourth-order valence-corrected chi connectivity index (χ4v) is 2.25. The van der Waals surface area contributed by atoms with Gasteiger partial charge in [-0.3, -0.25) is 4.79 Å². The normalized spacial score (nSPS) is 12.5. The van der Waals surface area contributed by atoms with Gasteiger partial charge in [0.05, 0.1) is 12.6 Å². The molecule has 0 saturated heterocycles. The third kappa shape index (κ3) is 3.35. The van der Waals surface area contributed by atoms with Gasteiger partial charge in [-0.1, -0.05) is 25.1 Å². The van der Waals surface area contributed by atoms with Crippen LogP contribution in [-0.4, -0.2) is 28.6 Å². The van der Waals surface area contributed by atoms with Crippen LogP contribution in [0.15, 0.2) is 30.5 Å². The molecular formula is C15H20N2O2. The first kappa shape index (κ1) is 13.6. The Morgan fingerprint density at radius 2 is 2.21 bits per heavy atom. The van der Waals surface area contributed by atoms with E-state index in [-0.39, 0.29) is 18.6 Å². The standard InChI is InChI=1S/C15H20N2O2/c1-2-5-15(19)17-12(10-18)8-11-9-16-14-7-4-3-6-13(11)14/h3-4,6-7,9,12,16,18H,2,5,8,10H2,1H3,(H,17,19)/t12-/m0/s1. The number of nitrogens with one attached hydrogen (secondary N) is 2. The number of rotatable bonds is 6. The monoisotopic (exact) mass is 260 g/mol. The molecule has 0 aliphatic carbocycles. The molecule has 0 unspecified atom stereocenters. The largest absolute Gasteiger partial charge is 0.394 e. The van der Waals surface area contributed by atoms with Crippen LogP contribution in [0.3, 0.4) is 0 Å². The Balaban J connectivity index is 2.07. The first-order chi connectivity index (χ1) is 9.24. The van der Waals surface area contributed by atoms with E-state index in [0.717, 1.165) is 22.9 Å². The maximum Gasteiger partial charge on any atom is 0.220 e. The minimum Gasteiger partial charge on any atom is -0.394 e. The highest BCUT2D eigenvalue weighted by Gasteiger charge is 2.13. The molecule has 0 aliphatic rings. The first-order valence-corrected chi connectivity index (χ1v) is 6.69. The van der Waals surface area contributed by atoms with Crippen molar-refractivity contribution >= 4 is 16.8 Å². The number of carbonyl (C=O) groups is 1. The predicted octanol–water partition coefficient (Wildman–Crippen LogP) is 1.99. The van der Waals surface area contributed by atoms with E-state index in [1.54, 1.807) is 0 Å². The SMILES string of the molecule is CCCC(=O)N[C@H](CO)Cc1c[nH]c2ccccc12. The van der Waals surface area contributed by atoms with Crippen LogP contribution < -0.4 is 5.32 Å². The molecule has 0 spiro atoms. The molecule has 4 nitrogen and oxygen atoms in total. The van der Waals surface area contributed by atoms with Crippen molar-refractivity contribution in [2.24, 2.45) is 0 Å². The van der Waals surface area contributed by atoms with Crippen LogP contribution in [0.25, 0.3) is 10.9 Å². The molecule has 1 aromatic carbocycles. The number of aromatic amines is 1. The summed E-state index contributed by atoms with van der Waals surface area (Å²) in [5.41, 5.74) is 2.19. The van der Waals surface area contributed by atoms with Crippen LogP contribution in [-0.2, 0) is 11.2 Å². The minimum absolute atomic E-state index is 0.00129. The fourth-order valence-electron chi connectivity index (χ4n) is 2.25. The van der Waals surface area contributed by atoms with E-state index in [1.807, 2.05) is 37.4 Å². The summed E-state index contributed by atoms with van der Waals surface area (Å²) in [6.45, 7) is 1.92. The summed E-state index contributed by atoms with van der Waals surface area (Å²) in [5, 5.41) is 13.4. The third-order valence-corrected chi connectivity index (χ3v) is 3.20. The molecule has 3 N–H and O–H groups in total. The molecular weight excluding hydrogens is 240 g/mol. The zero-order valence-corrected chi connectivity index (χ0v) is 11.1. The summed E-state index contributed by atoms with van der Waals surface area (Å²) in [4.78, 5) is 14.8. The quantitative estimate of drug-likeness (QED) is 0.743. The summed E-state index contributed by atoms with van der Waals surface area (Å²) in [6, 6.07) is 7.81. The molecule has 1 amide bonds. The number of aliphatic hydroxyl groups is 1. The Morgan fingerprint density at radius 1 is 1.42 bits per heavy atom. The topological polar surface area (TPSA) is 65.1 Å². The van der Waals surface area contributed by atoms with E-state index in [0.29, 0.717) is 12.8 Å². The van der Waals surface area contributed by atoms with Crippen LogP contribution >= 0.6 is 0 Å². The average molecular weight is 260 g/mol. The van der Waals surface area contributed by atoms with Gasteiger partial charge in [0.15, 0.2) is 0 Å². The molecule has 0 bridgehead atoms. The van der Waals surface area contributed by atoms with Crippen molar-refractivity contribution in [2.45, 2.75) is 32.2 Å². The van der Waals surface area contributed by atoms with E-state index < -0.39 is 0 Å². The van der Waals surface area contributed by atoms with Gasteiger partial charge in [0.25, 0.3) is 0 Å².